The van der Waals surface area contributed by atoms with E-state index in [1.807, 2.05) is 11.4 Å². The van der Waals surface area contributed by atoms with Gasteiger partial charge in [0, 0.05) is 0 Å². The van der Waals surface area contributed by atoms with Crippen molar-refractivity contribution in [3.05, 3.63) is 11.4 Å². The number of ether oxygens (including phenoxy) is 1. The van der Waals surface area contributed by atoms with E-state index in [0.717, 1.165) is 23.1 Å². The standard InChI is InChI=1S/C12H17N3OS/c1-3-8(4-2)7-16-10-9-5-6-17-11(9)15-12(13)14-10/h5-6,8H,3-4,7H2,1-2H3,(H2,13,14,15). The molecule has 5 heteroatoms. The minimum Gasteiger partial charge on any atom is -0.477 e. The Labute approximate surface area is 105 Å². The van der Waals surface area contributed by atoms with Crippen LogP contribution in [0.2, 0.25) is 0 Å². The molecule has 17 heavy (non-hydrogen) atoms. The van der Waals surface area contributed by atoms with Crippen molar-refractivity contribution in [2.24, 2.45) is 5.92 Å². The van der Waals surface area contributed by atoms with Crippen LogP contribution in [0.1, 0.15) is 26.7 Å². The van der Waals surface area contributed by atoms with E-state index in [9.17, 15) is 0 Å². The molecule has 0 amide bonds. The monoisotopic (exact) mass is 251 g/mol. The van der Waals surface area contributed by atoms with Crippen molar-refractivity contribution < 1.29 is 4.74 Å². The Kier molecular flexibility index (Phi) is 3.78. The zero-order valence-electron chi connectivity index (χ0n) is 10.1. The van der Waals surface area contributed by atoms with Crippen LogP contribution in [0.15, 0.2) is 11.4 Å². The lowest BCUT2D eigenvalue weighted by Crippen LogP contribution is -2.11. The molecule has 0 aliphatic rings. The van der Waals surface area contributed by atoms with Gasteiger partial charge in [-0.3, -0.25) is 0 Å². The van der Waals surface area contributed by atoms with Crippen molar-refractivity contribution in [3.8, 4) is 5.88 Å². The lowest BCUT2D eigenvalue weighted by molar-refractivity contribution is 0.235. The molecule has 0 unspecified atom stereocenters. The second kappa shape index (κ2) is 5.31. The maximum atomic E-state index is 5.78. The average Bonchev–Trinajstić information content (AvgIpc) is 2.78. The van der Waals surface area contributed by atoms with Gasteiger partial charge in [0.25, 0.3) is 0 Å². The van der Waals surface area contributed by atoms with Crippen molar-refractivity contribution in [1.29, 1.82) is 0 Å². The molecule has 92 valence electrons. The van der Waals surface area contributed by atoms with Crippen molar-refractivity contribution in [2.75, 3.05) is 12.3 Å². The molecule has 0 spiro atoms. The highest BCUT2D eigenvalue weighted by molar-refractivity contribution is 7.16. The van der Waals surface area contributed by atoms with Gasteiger partial charge < -0.3 is 10.5 Å². The summed E-state index contributed by atoms with van der Waals surface area (Å²) in [6.45, 7) is 5.03. The molecule has 4 nitrogen and oxygen atoms in total. The Morgan fingerprint density at radius 3 is 2.82 bits per heavy atom. The Morgan fingerprint density at radius 2 is 2.12 bits per heavy atom. The third-order valence-electron chi connectivity index (χ3n) is 2.92. The first-order valence-corrected chi connectivity index (χ1v) is 6.76. The quantitative estimate of drug-likeness (QED) is 0.887. The molecule has 2 aromatic rings. The normalized spacial score (nSPS) is 11.2. The molecule has 2 rings (SSSR count). The second-order valence-corrected chi connectivity index (χ2v) is 4.91. The van der Waals surface area contributed by atoms with E-state index >= 15 is 0 Å². The van der Waals surface area contributed by atoms with Crippen molar-refractivity contribution in [3.63, 3.8) is 0 Å². The summed E-state index contributed by atoms with van der Waals surface area (Å²) in [6, 6.07) is 1.97. The fourth-order valence-corrected chi connectivity index (χ4v) is 2.44. The van der Waals surface area contributed by atoms with E-state index in [0.29, 0.717) is 18.4 Å². The molecule has 0 saturated carbocycles. The summed E-state index contributed by atoms with van der Waals surface area (Å²) in [4.78, 5) is 9.22. The lowest BCUT2D eigenvalue weighted by atomic mass is 10.1. The van der Waals surface area contributed by atoms with E-state index < -0.39 is 0 Å². The Balaban J connectivity index is 2.20. The molecule has 0 fully saturated rings. The number of nitrogens with zero attached hydrogens (tertiary/aromatic N) is 2. The molecule has 0 aliphatic carbocycles. The predicted octanol–water partition coefficient (Wildman–Crippen LogP) is 3.09. The van der Waals surface area contributed by atoms with Crippen LogP contribution in [-0.4, -0.2) is 16.6 Å². The first kappa shape index (κ1) is 12.1. The van der Waals surface area contributed by atoms with E-state index in [1.165, 1.54) is 0 Å². The third kappa shape index (κ3) is 2.66. The summed E-state index contributed by atoms with van der Waals surface area (Å²) < 4.78 is 5.78. The first-order chi connectivity index (χ1) is 8.24. The molecular weight excluding hydrogens is 234 g/mol. The van der Waals surface area contributed by atoms with Crippen molar-refractivity contribution in [2.45, 2.75) is 26.7 Å². The number of anilines is 1. The molecular formula is C12H17N3OS. The second-order valence-electron chi connectivity index (χ2n) is 4.02. The average molecular weight is 251 g/mol. The van der Waals surface area contributed by atoms with Gasteiger partial charge in [-0.2, -0.15) is 4.98 Å². The van der Waals surface area contributed by atoms with Gasteiger partial charge in [-0.05, 0) is 17.4 Å². The van der Waals surface area contributed by atoms with Crippen LogP contribution in [-0.2, 0) is 0 Å². The number of aromatic nitrogens is 2. The van der Waals surface area contributed by atoms with Crippen LogP contribution in [0.5, 0.6) is 5.88 Å². The summed E-state index contributed by atoms with van der Waals surface area (Å²) in [5.74, 6) is 1.46. The van der Waals surface area contributed by atoms with Gasteiger partial charge >= 0.3 is 0 Å². The number of nitrogens with two attached hydrogens (primary N) is 1. The van der Waals surface area contributed by atoms with E-state index in [1.54, 1.807) is 11.3 Å². The summed E-state index contributed by atoms with van der Waals surface area (Å²) in [5, 5.41) is 2.93. The zero-order valence-corrected chi connectivity index (χ0v) is 11.0. The van der Waals surface area contributed by atoms with E-state index in [4.69, 9.17) is 10.5 Å². The first-order valence-electron chi connectivity index (χ1n) is 5.88. The molecule has 0 aromatic carbocycles. The van der Waals surface area contributed by atoms with Crippen LogP contribution in [0.25, 0.3) is 10.2 Å². The highest BCUT2D eigenvalue weighted by atomic mass is 32.1. The smallest absolute Gasteiger partial charge is 0.227 e. The third-order valence-corrected chi connectivity index (χ3v) is 3.72. The van der Waals surface area contributed by atoms with Crippen LogP contribution in [0.3, 0.4) is 0 Å². The molecule has 0 saturated heterocycles. The van der Waals surface area contributed by atoms with Gasteiger partial charge in [0.2, 0.25) is 11.8 Å². The van der Waals surface area contributed by atoms with Gasteiger partial charge in [-0.25, -0.2) is 4.98 Å². The van der Waals surface area contributed by atoms with Gasteiger partial charge in [0.05, 0.1) is 12.0 Å². The molecule has 0 aliphatic heterocycles. The lowest BCUT2D eigenvalue weighted by Gasteiger charge is -2.13. The summed E-state index contributed by atoms with van der Waals surface area (Å²) >= 11 is 1.55. The molecule has 2 aromatic heterocycles. The highest BCUT2D eigenvalue weighted by Crippen LogP contribution is 2.27. The zero-order chi connectivity index (χ0) is 12.3. The molecule has 0 radical (unpaired) electrons. The van der Waals surface area contributed by atoms with Gasteiger partial charge in [0.15, 0.2) is 0 Å². The Bertz CT molecular complexity index is 493. The summed E-state index contributed by atoms with van der Waals surface area (Å²) in [7, 11) is 0. The number of nitrogen functional groups attached to an aromatic ring is 1. The van der Waals surface area contributed by atoms with Gasteiger partial charge in [-0.1, -0.05) is 26.7 Å². The summed E-state index contributed by atoms with van der Waals surface area (Å²) in [5.41, 5.74) is 5.66. The molecule has 2 heterocycles. The highest BCUT2D eigenvalue weighted by Gasteiger charge is 2.10. The molecule has 0 atom stereocenters. The fraction of sp³-hybridized carbons (Fsp3) is 0.500. The van der Waals surface area contributed by atoms with Crippen LogP contribution in [0, 0.1) is 5.92 Å². The van der Waals surface area contributed by atoms with Gasteiger partial charge in [0.1, 0.15) is 4.83 Å². The van der Waals surface area contributed by atoms with Crippen molar-refractivity contribution in [1.82, 2.24) is 9.97 Å². The number of hydrogen-bond acceptors (Lipinski definition) is 5. The van der Waals surface area contributed by atoms with Crippen LogP contribution < -0.4 is 10.5 Å². The topological polar surface area (TPSA) is 61.0 Å². The number of rotatable bonds is 5. The van der Waals surface area contributed by atoms with E-state index in [2.05, 4.69) is 23.8 Å². The largest absolute Gasteiger partial charge is 0.477 e. The van der Waals surface area contributed by atoms with Gasteiger partial charge in [-0.15, -0.1) is 11.3 Å². The van der Waals surface area contributed by atoms with Crippen LogP contribution in [0.4, 0.5) is 5.95 Å². The number of hydrogen-bond donors (Lipinski definition) is 1. The Morgan fingerprint density at radius 1 is 1.35 bits per heavy atom. The number of fused-ring (bicyclic) bond motifs is 1. The molecule has 0 bridgehead atoms. The SMILES string of the molecule is CCC(CC)COc1nc(N)nc2sccc12. The molecule has 2 N–H and O–H groups in total. The minimum absolute atomic E-state index is 0.277. The minimum atomic E-state index is 0.277. The summed E-state index contributed by atoms with van der Waals surface area (Å²) in [6.07, 6.45) is 2.23. The van der Waals surface area contributed by atoms with Crippen LogP contribution >= 0.6 is 11.3 Å². The fourth-order valence-electron chi connectivity index (χ4n) is 1.68. The maximum absolute atomic E-state index is 5.78. The Hall–Kier alpha value is -1.36. The number of thiophene rings is 1. The van der Waals surface area contributed by atoms with Crippen molar-refractivity contribution >= 4 is 27.5 Å². The predicted molar refractivity (Wildman–Crippen MR) is 71.4 cm³/mol. The maximum Gasteiger partial charge on any atom is 0.227 e. The van der Waals surface area contributed by atoms with E-state index in [-0.39, 0.29) is 5.95 Å².